The molecule has 0 saturated carbocycles. The number of aryl methyl sites for hydroxylation is 1. The minimum atomic E-state index is 0.691. The summed E-state index contributed by atoms with van der Waals surface area (Å²) in [5, 5.41) is 3.08. The van der Waals surface area contributed by atoms with Gasteiger partial charge in [-0.1, -0.05) is 6.07 Å². The summed E-state index contributed by atoms with van der Waals surface area (Å²) in [5.41, 5.74) is 2.21. The second kappa shape index (κ2) is 6.20. The van der Waals surface area contributed by atoms with E-state index >= 15 is 0 Å². The summed E-state index contributed by atoms with van der Waals surface area (Å²) in [6.45, 7) is 2.77. The highest BCUT2D eigenvalue weighted by atomic mass is 16.5. The lowest BCUT2D eigenvalue weighted by Gasteiger charge is -2.11. The fourth-order valence-electron chi connectivity index (χ4n) is 1.81. The van der Waals surface area contributed by atoms with Gasteiger partial charge in [0, 0.05) is 12.7 Å². The number of pyridine rings is 1. The number of ether oxygens (including phenoxy) is 2. The van der Waals surface area contributed by atoms with Gasteiger partial charge in [-0.2, -0.15) is 0 Å². The summed E-state index contributed by atoms with van der Waals surface area (Å²) < 4.78 is 11.1. The minimum Gasteiger partial charge on any atom is -0.493 e. The van der Waals surface area contributed by atoms with E-state index < -0.39 is 0 Å². The first-order valence-corrected chi connectivity index (χ1v) is 6.14. The van der Waals surface area contributed by atoms with Crippen molar-refractivity contribution in [3.63, 3.8) is 0 Å². The maximum atomic E-state index is 5.83. The van der Waals surface area contributed by atoms with Crippen LogP contribution >= 0.6 is 0 Å². The van der Waals surface area contributed by atoms with E-state index in [2.05, 4.69) is 10.3 Å². The van der Waals surface area contributed by atoms with E-state index in [1.807, 2.05) is 44.4 Å². The van der Waals surface area contributed by atoms with Crippen LogP contribution < -0.4 is 14.8 Å². The molecule has 0 aliphatic rings. The van der Waals surface area contributed by atoms with Gasteiger partial charge in [0.05, 0.1) is 13.3 Å². The standard InChI is InChI=1S/C15H18N2O2/c1-11-4-5-14(15(6-11)18-3)19-13-7-12(8-16-2)9-17-10-13/h4-7,9-10,16H,8H2,1-3H3. The molecule has 0 amide bonds. The third-order valence-electron chi connectivity index (χ3n) is 2.70. The van der Waals surface area contributed by atoms with Crippen molar-refractivity contribution in [3.05, 3.63) is 47.8 Å². The topological polar surface area (TPSA) is 43.4 Å². The molecule has 0 radical (unpaired) electrons. The molecule has 19 heavy (non-hydrogen) atoms. The highest BCUT2D eigenvalue weighted by molar-refractivity contribution is 5.45. The third kappa shape index (κ3) is 3.45. The summed E-state index contributed by atoms with van der Waals surface area (Å²) >= 11 is 0. The molecule has 0 bridgehead atoms. The molecule has 2 rings (SSSR count). The molecular weight excluding hydrogens is 240 g/mol. The van der Waals surface area contributed by atoms with E-state index in [-0.39, 0.29) is 0 Å². The Balaban J connectivity index is 2.23. The zero-order valence-corrected chi connectivity index (χ0v) is 11.4. The lowest BCUT2D eigenvalue weighted by molar-refractivity contribution is 0.378. The van der Waals surface area contributed by atoms with E-state index in [1.54, 1.807) is 13.3 Å². The highest BCUT2D eigenvalue weighted by Gasteiger charge is 2.06. The molecule has 0 fully saturated rings. The van der Waals surface area contributed by atoms with Crippen LogP contribution in [-0.4, -0.2) is 19.1 Å². The molecule has 0 aliphatic carbocycles. The lowest BCUT2D eigenvalue weighted by Crippen LogP contribution is -2.05. The van der Waals surface area contributed by atoms with E-state index in [9.17, 15) is 0 Å². The molecule has 4 heteroatoms. The molecule has 2 aromatic rings. The second-order valence-electron chi connectivity index (χ2n) is 4.32. The zero-order valence-electron chi connectivity index (χ0n) is 11.4. The first-order chi connectivity index (χ1) is 9.22. The number of aromatic nitrogens is 1. The van der Waals surface area contributed by atoms with Crippen molar-refractivity contribution in [2.45, 2.75) is 13.5 Å². The third-order valence-corrected chi connectivity index (χ3v) is 2.70. The summed E-state index contributed by atoms with van der Waals surface area (Å²) in [5.74, 6) is 2.12. The molecule has 100 valence electrons. The van der Waals surface area contributed by atoms with Gasteiger partial charge in [-0.25, -0.2) is 0 Å². The lowest BCUT2D eigenvalue weighted by atomic mass is 10.2. The molecule has 0 atom stereocenters. The Bertz CT molecular complexity index is 556. The number of nitrogens with zero attached hydrogens (tertiary/aromatic N) is 1. The van der Waals surface area contributed by atoms with Crippen molar-refractivity contribution in [2.75, 3.05) is 14.2 Å². The fourth-order valence-corrected chi connectivity index (χ4v) is 1.81. The normalized spacial score (nSPS) is 10.3. The number of nitrogens with one attached hydrogen (secondary N) is 1. The van der Waals surface area contributed by atoms with Crippen molar-refractivity contribution < 1.29 is 9.47 Å². The Labute approximate surface area is 113 Å². The van der Waals surface area contributed by atoms with Gasteiger partial charge >= 0.3 is 0 Å². The Kier molecular flexibility index (Phi) is 4.36. The number of rotatable bonds is 5. The van der Waals surface area contributed by atoms with Gasteiger partial charge in [0.25, 0.3) is 0 Å². The molecule has 1 aromatic carbocycles. The molecule has 1 aromatic heterocycles. The van der Waals surface area contributed by atoms with Crippen molar-refractivity contribution in [1.82, 2.24) is 10.3 Å². The summed E-state index contributed by atoms with van der Waals surface area (Å²) in [4.78, 5) is 4.17. The molecular formula is C15H18N2O2. The molecule has 4 nitrogen and oxygen atoms in total. The molecule has 0 spiro atoms. The molecule has 1 heterocycles. The van der Waals surface area contributed by atoms with Crippen LogP contribution in [0.5, 0.6) is 17.2 Å². The first kappa shape index (κ1) is 13.4. The minimum absolute atomic E-state index is 0.691. The smallest absolute Gasteiger partial charge is 0.169 e. The van der Waals surface area contributed by atoms with Crippen molar-refractivity contribution in [2.24, 2.45) is 0 Å². The summed E-state index contributed by atoms with van der Waals surface area (Å²) in [6, 6.07) is 7.80. The SMILES string of the molecule is CNCc1cncc(Oc2ccc(C)cc2OC)c1. The molecule has 1 N–H and O–H groups in total. The van der Waals surface area contributed by atoms with Gasteiger partial charge in [-0.15, -0.1) is 0 Å². The Hall–Kier alpha value is -2.07. The van der Waals surface area contributed by atoms with Gasteiger partial charge < -0.3 is 14.8 Å². The van der Waals surface area contributed by atoms with Gasteiger partial charge in [-0.3, -0.25) is 4.98 Å². The van der Waals surface area contributed by atoms with Crippen molar-refractivity contribution in [1.29, 1.82) is 0 Å². The zero-order chi connectivity index (χ0) is 13.7. The van der Waals surface area contributed by atoms with E-state index in [0.29, 0.717) is 11.5 Å². The number of benzene rings is 1. The molecule has 0 aliphatic heterocycles. The van der Waals surface area contributed by atoms with Gasteiger partial charge in [0.1, 0.15) is 5.75 Å². The van der Waals surface area contributed by atoms with Gasteiger partial charge in [0.2, 0.25) is 0 Å². The number of hydrogen-bond donors (Lipinski definition) is 1. The quantitative estimate of drug-likeness (QED) is 0.895. The highest BCUT2D eigenvalue weighted by Crippen LogP contribution is 2.32. The number of methoxy groups -OCH3 is 1. The Morgan fingerprint density at radius 3 is 2.74 bits per heavy atom. The average Bonchev–Trinajstić information content (AvgIpc) is 2.41. The molecule has 0 saturated heterocycles. The second-order valence-corrected chi connectivity index (χ2v) is 4.32. The van der Waals surface area contributed by atoms with Gasteiger partial charge in [0.15, 0.2) is 11.5 Å². The summed E-state index contributed by atoms with van der Waals surface area (Å²) in [7, 11) is 3.54. The van der Waals surface area contributed by atoms with Gasteiger partial charge in [-0.05, 0) is 43.3 Å². The van der Waals surface area contributed by atoms with Crippen LogP contribution in [0.2, 0.25) is 0 Å². The van der Waals surface area contributed by atoms with E-state index in [1.165, 1.54) is 0 Å². The maximum Gasteiger partial charge on any atom is 0.169 e. The van der Waals surface area contributed by atoms with E-state index in [0.717, 1.165) is 23.4 Å². The van der Waals surface area contributed by atoms with Crippen LogP contribution in [0.1, 0.15) is 11.1 Å². The Morgan fingerprint density at radius 1 is 1.16 bits per heavy atom. The van der Waals surface area contributed by atoms with E-state index in [4.69, 9.17) is 9.47 Å². The van der Waals surface area contributed by atoms with Crippen LogP contribution in [0.4, 0.5) is 0 Å². The van der Waals surface area contributed by atoms with Crippen LogP contribution in [0.25, 0.3) is 0 Å². The molecule has 0 unspecified atom stereocenters. The summed E-state index contributed by atoms with van der Waals surface area (Å²) in [6.07, 6.45) is 3.51. The largest absolute Gasteiger partial charge is 0.493 e. The predicted octanol–water partition coefficient (Wildman–Crippen LogP) is 2.91. The van der Waals surface area contributed by atoms with Crippen LogP contribution in [0, 0.1) is 6.92 Å². The maximum absolute atomic E-state index is 5.83. The first-order valence-electron chi connectivity index (χ1n) is 6.14. The average molecular weight is 258 g/mol. The fraction of sp³-hybridized carbons (Fsp3) is 0.267. The van der Waals surface area contributed by atoms with Crippen molar-refractivity contribution in [3.8, 4) is 17.2 Å². The van der Waals surface area contributed by atoms with Crippen molar-refractivity contribution >= 4 is 0 Å². The monoisotopic (exact) mass is 258 g/mol. The predicted molar refractivity (Wildman–Crippen MR) is 74.8 cm³/mol. The Morgan fingerprint density at radius 2 is 2.00 bits per heavy atom. The van der Waals surface area contributed by atoms with Crippen LogP contribution in [0.3, 0.4) is 0 Å². The van der Waals surface area contributed by atoms with Crippen LogP contribution in [0.15, 0.2) is 36.7 Å². The number of hydrogen-bond acceptors (Lipinski definition) is 4. The van der Waals surface area contributed by atoms with Crippen LogP contribution in [-0.2, 0) is 6.54 Å².